The lowest BCUT2D eigenvalue weighted by Crippen LogP contribution is -2.35. The number of nitrogens with one attached hydrogen (secondary N) is 2. The van der Waals surface area contributed by atoms with Gasteiger partial charge in [-0.2, -0.15) is 0 Å². The summed E-state index contributed by atoms with van der Waals surface area (Å²) in [4.78, 5) is 23.5. The predicted molar refractivity (Wildman–Crippen MR) is 171 cm³/mol. The zero-order valence-corrected chi connectivity index (χ0v) is 25.3. The van der Waals surface area contributed by atoms with Crippen LogP contribution in [0.4, 0.5) is 20.4 Å². The molecule has 2 N–H and O–H groups in total. The normalized spacial score (nSPS) is 15.6. The van der Waals surface area contributed by atoms with Crippen molar-refractivity contribution in [2.75, 3.05) is 37.3 Å². The van der Waals surface area contributed by atoms with Gasteiger partial charge in [0.1, 0.15) is 11.6 Å². The van der Waals surface area contributed by atoms with Crippen molar-refractivity contribution >= 4 is 46.7 Å². The quantitative estimate of drug-likeness (QED) is 0.198. The van der Waals surface area contributed by atoms with Gasteiger partial charge >= 0.3 is 0 Å². The van der Waals surface area contributed by atoms with Gasteiger partial charge in [-0.1, -0.05) is 24.3 Å². The number of anilines is 2. The molecule has 0 spiro atoms. The van der Waals surface area contributed by atoms with E-state index in [1.807, 2.05) is 49.7 Å². The second kappa shape index (κ2) is 11.5. The van der Waals surface area contributed by atoms with Crippen LogP contribution in [0.25, 0.3) is 27.9 Å². The van der Waals surface area contributed by atoms with Crippen LogP contribution in [0.3, 0.4) is 0 Å². The van der Waals surface area contributed by atoms with Gasteiger partial charge in [-0.25, -0.2) is 13.8 Å². The van der Waals surface area contributed by atoms with Gasteiger partial charge in [-0.05, 0) is 78.4 Å². The number of hydrogen-bond donors (Lipinski definition) is 2. The molecule has 10 heteroatoms. The van der Waals surface area contributed by atoms with Gasteiger partial charge in [-0.3, -0.25) is 9.69 Å². The lowest BCUT2D eigenvalue weighted by atomic mass is 10.0. The maximum atomic E-state index is 13.6. The Morgan fingerprint density at radius 2 is 1.74 bits per heavy atom. The SMILES string of the molecule is Cc1cc(F)ccc1Nc1nc2ccc3c(C)c(C=CCN4CCP(=O)(Cc5ccc(F)cc5)CC4)[nH]c(=O)c3c2n1C. The van der Waals surface area contributed by atoms with E-state index in [1.165, 1.54) is 24.3 Å². The van der Waals surface area contributed by atoms with Gasteiger partial charge in [0.2, 0.25) is 5.95 Å². The van der Waals surface area contributed by atoms with Gasteiger partial charge in [0, 0.05) is 56.5 Å². The Bertz CT molecular complexity index is 1970. The molecule has 43 heavy (non-hydrogen) atoms. The van der Waals surface area contributed by atoms with Crippen LogP contribution in [0.15, 0.2) is 65.5 Å². The van der Waals surface area contributed by atoms with Crippen LogP contribution >= 0.6 is 7.14 Å². The number of aromatic amines is 1. The second-order valence-corrected chi connectivity index (χ2v) is 14.7. The molecule has 6 rings (SSSR count). The molecular formula is C33H34F2N5O2P. The topological polar surface area (TPSA) is 83.0 Å². The fourth-order valence-corrected chi connectivity index (χ4v) is 8.60. The first-order valence-corrected chi connectivity index (χ1v) is 16.6. The van der Waals surface area contributed by atoms with Crippen molar-refractivity contribution in [2.24, 2.45) is 7.05 Å². The first-order chi connectivity index (χ1) is 20.6. The number of halogens is 2. The van der Waals surface area contributed by atoms with Crippen molar-refractivity contribution in [3.63, 3.8) is 0 Å². The fraction of sp³-hybridized carbons (Fsp3) is 0.273. The molecule has 3 heterocycles. The molecule has 0 atom stereocenters. The van der Waals surface area contributed by atoms with Crippen molar-refractivity contribution in [3.05, 3.63) is 105 Å². The van der Waals surface area contributed by atoms with Crippen LogP contribution in [0, 0.1) is 25.5 Å². The van der Waals surface area contributed by atoms with E-state index >= 15 is 0 Å². The Labute approximate surface area is 248 Å². The molecule has 0 saturated carbocycles. The van der Waals surface area contributed by atoms with Crippen molar-refractivity contribution in [2.45, 2.75) is 20.0 Å². The standard InChI is InChI=1S/C33H34F2N5O2P/c1-21-19-25(35)10-12-27(21)37-33-38-29-13-11-26-22(2)28(36-32(41)30(26)31(29)39(33)3)5-4-14-40-15-17-43(42,18-16-40)20-23-6-8-24(34)9-7-23/h4-13,19H,14-18,20H2,1-3H3,(H,36,41)(H,37,38). The molecule has 0 bridgehead atoms. The third-order valence-corrected chi connectivity index (χ3v) is 11.4. The maximum Gasteiger partial charge on any atom is 0.258 e. The highest BCUT2D eigenvalue weighted by Gasteiger charge is 2.28. The molecule has 1 saturated heterocycles. The van der Waals surface area contributed by atoms with E-state index in [0.717, 1.165) is 52.1 Å². The van der Waals surface area contributed by atoms with E-state index < -0.39 is 7.14 Å². The second-order valence-electron chi connectivity index (χ2n) is 11.4. The van der Waals surface area contributed by atoms with E-state index in [0.29, 0.717) is 41.9 Å². The number of fused-ring (bicyclic) bond motifs is 3. The molecule has 1 aliphatic heterocycles. The van der Waals surface area contributed by atoms with Crippen LogP contribution in [0.1, 0.15) is 22.4 Å². The number of aromatic nitrogens is 3. The van der Waals surface area contributed by atoms with Crippen molar-refractivity contribution < 1.29 is 13.3 Å². The van der Waals surface area contributed by atoms with Crippen LogP contribution < -0.4 is 10.9 Å². The number of aryl methyl sites for hydroxylation is 3. The van der Waals surface area contributed by atoms with Gasteiger partial charge < -0.3 is 19.4 Å². The summed E-state index contributed by atoms with van der Waals surface area (Å²) in [5, 5.41) is 4.69. The number of benzene rings is 3. The van der Waals surface area contributed by atoms with E-state index in [2.05, 4.69) is 15.2 Å². The molecule has 3 aromatic carbocycles. The third kappa shape index (κ3) is 5.92. The van der Waals surface area contributed by atoms with Crippen molar-refractivity contribution in [3.8, 4) is 0 Å². The monoisotopic (exact) mass is 601 g/mol. The van der Waals surface area contributed by atoms with Gasteiger partial charge in [-0.15, -0.1) is 0 Å². The Hall–Kier alpha value is -4.07. The summed E-state index contributed by atoms with van der Waals surface area (Å²) in [5.41, 5.74) is 5.34. The van der Waals surface area contributed by atoms with Crippen LogP contribution in [0.5, 0.6) is 0 Å². The van der Waals surface area contributed by atoms with Gasteiger partial charge in [0.25, 0.3) is 5.56 Å². The molecular weight excluding hydrogens is 567 g/mol. The summed E-state index contributed by atoms with van der Waals surface area (Å²) < 4.78 is 42.0. The maximum absolute atomic E-state index is 13.6. The Morgan fingerprint density at radius 3 is 2.47 bits per heavy atom. The van der Waals surface area contributed by atoms with Crippen LogP contribution in [0.2, 0.25) is 0 Å². The van der Waals surface area contributed by atoms with E-state index in [-0.39, 0.29) is 17.2 Å². The lowest BCUT2D eigenvalue weighted by Gasteiger charge is -2.31. The summed E-state index contributed by atoms with van der Waals surface area (Å²) in [6.07, 6.45) is 5.78. The first-order valence-electron chi connectivity index (χ1n) is 14.4. The van der Waals surface area contributed by atoms with Crippen LogP contribution in [-0.4, -0.2) is 51.4 Å². The number of rotatable bonds is 7. The minimum Gasteiger partial charge on any atom is -0.325 e. The smallest absolute Gasteiger partial charge is 0.258 e. The summed E-state index contributed by atoms with van der Waals surface area (Å²) >= 11 is 0. The highest BCUT2D eigenvalue weighted by atomic mass is 31.2. The Kier molecular flexibility index (Phi) is 7.79. The van der Waals surface area contributed by atoms with E-state index in [9.17, 15) is 18.1 Å². The molecule has 222 valence electrons. The zero-order chi connectivity index (χ0) is 30.3. The molecule has 7 nitrogen and oxygen atoms in total. The molecule has 5 aromatic rings. The van der Waals surface area contributed by atoms with E-state index in [1.54, 1.807) is 18.2 Å². The minimum atomic E-state index is -2.33. The molecule has 2 aromatic heterocycles. The number of H-pyrrole nitrogens is 1. The average molecular weight is 602 g/mol. The predicted octanol–water partition coefficient (Wildman–Crippen LogP) is 6.95. The molecule has 0 amide bonds. The van der Waals surface area contributed by atoms with Crippen molar-refractivity contribution in [1.29, 1.82) is 0 Å². The molecule has 1 aliphatic rings. The summed E-state index contributed by atoms with van der Waals surface area (Å²) in [6.45, 7) is 5.99. The number of hydrogen-bond acceptors (Lipinski definition) is 5. The molecule has 0 aliphatic carbocycles. The Balaban J connectivity index is 1.18. The summed E-state index contributed by atoms with van der Waals surface area (Å²) in [7, 11) is -0.473. The fourth-order valence-electron chi connectivity index (χ4n) is 5.89. The molecule has 0 unspecified atom stereocenters. The lowest BCUT2D eigenvalue weighted by molar-refractivity contribution is 0.326. The summed E-state index contributed by atoms with van der Waals surface area (Å²) in [6, 6.07) is 14.7. The Morgan fingerprint density at radius 1 is 1.02 bits per heavy atom. The van der Waals surface area contributed by atoms with Gasteiger partial charge in [0.05, 0.1) is 23.6 Å². The number of nitrogens with zero attached hydrogens (tertiary/aromatic N) is 3. The molecule has 0 radical (unpaired) electrons. The highest BCUT2D eigenvalue weighted by Crippen LogP contribution is 2.50. The average Bonchev–Trinajstić information content (AvgIpc) is 3.29. The molecule has 1 fully saturated rings. The number of pyridine rings is 1. The largest absolute Gasteiger partial charge is 0.325 e. The van der Waals surface area contributed by atoms with E-state index in [4.69, 9.17) is 4.98 Å². The minimum absolute atomic E-state index is 0.196. The zero-order valence-electron chi connectivity index (χ0n) is 24.5. The summed E-state index contributed by atoms with van der Waals surface area (Å²) in [5.74, 6) is -0.0231. The third-order valence-electron chi connectivity index (χ3n) is 8.43. The first kappa shape index (κ1) is 29.0. The van der Waals surface area contributed by atoms with Crippen LogP contribution in [-0.2, 0) is 17.8 Å². The highest BCUT2D eigenvalue weighted by molar-refractivity contribution is 7.63. The number of imidazole rings is 1. The van der Waals surface area contributed by atoms with Crippen molar-refractivity contribution in [1.82, 2.24) is 19.4 Å². The van der Waals surface area contributed by atoms with Gasteiger partial charge in [0.15, 0.2) is 0 Å².